The van der Waals surface area contributed by atoms with Gasteiger partial charge in [0.15, 0.2) is 11.9 Å². The van der Waals surface area contributed by atoms with Gasteiger partial charge in [-0.2, -0.15) is 0 Å². The van der Waals surface area contributed by atoms with Gasteiger partial charge in [0.25, 0.3) is 0 Å². The van der Waals surface area contributed by atoms with Gasteiger partial charge in [0.2, 0.25) is 0 Å². The van der Waals surface area contributed by atoms with Crippen LogP contribution in [0.4, 0.5) is 0 Å². The number of nitrogens with two attached hydrogens (primary N) is 2. The Kier molecular flexibility index (Phi) is 7.83. The van der Waals surface area contributed by atoms with Gasteiger partial charge in [0.1, 0.15) is 26.6 Å². The summed E-state index contributed by atoms with van der Waals surface area (Å²) in [6.07, 6.45) is 0.698. The lowest BCUT2D eigenvalue weighted by atomic mass is 9.99. The predicted molar refractivity (Wildman–Crippen MR) is 110 cm³/mol. The molecule has 1 aromatic rings. The van der Waals surface area contributed by atoms with Crippen molar-refractivity contribution in [1.82, 2.24) is 16.1 Å². The lowest BCUT2D eigenvalue weighted by Gasteiger charge is -2.29. The van der Waals surface area contributed by atoms with Gasteiger partial charge in [-0.25, -0.2) is 5.43 Å². The Morgan fingerprint density at radius 1 is 1.29 bits per heavy atom. The first-order chi connectivity index (χ1) is 13.4. The first kappa shape index (κ1) is 21.7. The lowest BCUT2D eigenvalue weighted by Crippen LogP contribution is -2.60. The highest BCUT2D eigenvalue weighted by Gasteiger charge is 2.26. The molecule has 1 aliphatic heterocycles. The summed E-state index contributed by atoms with van der Waals surface area (Å²) in [5, 5.41) is 13.4. The van der Waals surface area contributed by atoms with Crippen LogP contribution < -0.4 is 37.2 Å². The van der Waals surface area contributed by atoms with Crippen LogP contribution >= 0.6 is 0 Å². The lowest BCUT2D eigenvalue weighted by molar-refractivity contribution is 0.268. The molecule has 0 fully saturated rings. The fourth-order valence-electron chi connectivity index (χ4n) is 2.57. The highest BCUT2D eigenvalue weighted by Crippen LogP contribution is 2.35. The molecule has 2 unspecified atom stereocenters. The zero-order valence-electron chi connectivity index (χ0n) is 16.8. The Balaban J connectivity index is 2.46. The molecule has 9 nitrogen and oxygen atoms in total. The Hall–Kier alpha value is -2.58. The van der Waals surface area contributed by atoms with Crippen molar-refractivity contribution in [2.24, 2.45) is 22.0 Å². The molecule has 1 aliphatic rings. The first-order valence-corrected chi connectivity index (χ1v) is 11.4. The van der Waals surface area contributed by atoms with E-state index in [1.54, 1.807) is 13.3 Å². The molecule has 0 spiro atoms. The number of benzene rings is 1. The van der Waals surface area contributed by atoms with Crippen LogP contribution in [-0.4, -0.2) is 28.4 Å². The quantitative estimate of drug-likeness (QED) is 0.159. The van der Waals surface area contributed by atoms with E-state index in [9.17, 15) is 0 Å². The number of methoxy groups -OCH3 is 1. The second-order valence-corrected chi connectivity index (χ2v) is 8.96. The van der Waals surface area contributed by atoms with Crippen LogP contribution in [0.25, 0.3) is 0 Å². The van der Waals surface area contributed by atoms with Crippen molar-refractivity contribution < 1.29 is 9.47 Å². The summed E-state index contributed by atoms with van der Waals surface area (Å²) in [5.41, 5.74) is 7.60. The number of rotatable bonds is 6. The molecular formula is C18H28N7O2Si. The van der Waals surface area contributed by atoms with Gasteiger partial charge in [0.05, 0.1) is 12.7 Å². The molecule has 0 aromatic heterocycles. The standard InChI is InChI=1S/C18H28N7O2Si/c1-11(2)13-9-14(26-3)12(6-7-28(4)5)8-15(13)27-16-10-21-18(23-19)22-17(16)24-25-20/h8-11,17-18,21-23H,19H2,1-5H3,(H2,20,24). The van der Waals surface area contributed by atoms with Gasteiger partial charge in [-0.3, -0.25) is 11.2 Å². The van der Waals surface area contributed by atoms with E-state index >= 15 is 0 Å². The van der Waals surface area contributed by atoms with Crippen molar-refractivity contribution in [2.45, 2.75) is 45.3 Å². The number of hydrazine groups is 1. The zero-order chi connectivity index (χ0) is 20.7. The SMILES string of the molecule is COc1cc(C(C)C)c(OC2=CNC(NN)NC2N=NN)cc1C#C[Si](C)C. The molecule has 28 heavy (non-hydrogen) atoms. The summed E-state index contributed by atoms with van der Waals surface area (Å²) in [5.74, 6) is 16.0. The van der Waals surface area contributed by atoms with E-state index in [-0.39, 0.29) is 12.2 Å². The summed E-state index contributed by atoms with van der Waals surface area (Å²) in [7, 11) is 0.947. The van der Waals surface area contributed by atoms with Gasteiger partial charge in [0, 0.05) is 17.8 Å². The number of nitrogens with one attached hydrogen (secondary N) is 3. The fourth-order valence-corrected chi connectivity index (χ4v) is 2.96. The van der Waals surface area contributed by atoms with Crippen LogP contribution in [0, 0.1) is 11.5 Å². The summed E-state index contributed by atoms with van der Waals surface area (Å²) in [4.78, 5) is 0. The second kappa shape index (κ2) is 10.1. The second-order valence-electron chi connectivity index (χ2n) is 6.71. The van der Waals surface area contributed by atoms with Crippen molar-refractivity contribution >= 4 is 8.80 Å². The topological polar surface area (TPSA) is 131 Å². The van der Waals surface area contributed by atoms with E-state index in [1.807, 2.05) is 12.1 Å². The number of nitrogens with zero attached hydrogens (tertiary/aromatic N) is 2. The molecule has 0 bridgehead atoms. The number of hydrogen-bond acceptors (Lipinski definition) is 8. The van der Waals surface area contributed by atoms with Crippen molar-refractivity contribution in [1.29, 1.82) is 0 Å². The van der Waals surface area contributed by atoms with Gasteiger partial charge < -0.3 is 20.6 Å². The highest BCUT2D eigenvalue weighted by atomic mass is 28.3. The van der Waals surface area contributed by atoms with Gasteiger partial charge in [-0.15, -0.1) is 10.7 Å². The van der Waals surface area contributed by atoms with Crippen LogP contribution in [0.15, 0.2) is 34.4 Å². The van der Waals surface area contributed by atoms with Gasteiger partial charge in [-0.1, -0.05) is 38.1 Å². The molecule has 151 valence electrons. The van der Waals surface area contributed by atoms with E-state index in [4.69, 9.17) is 21.2 Å². The molecule has 7 N–H and O–H groups in total. The minimum atomic E-state index is -0.696. The molecule has 2 rings (SSSR count). The van der Waals surface area contributed by atoms with E-state index < -0.39 is 15.0 Å². The number of hydrogen-bond donors (Lipinski definition) is 5. The first-order valence-electron chi connectivity index (χ1n) is 8.89. The van der Waals surface area contributed by atoms with Crippen LogP contribution in [0.2, 0.25) is 13.1 Å². The van der Waals surface area contributed by atoms with E-state index in [0.717, 1.165) is 16.9 Å². The predicted octanol–water partition coefficient (Wildman–Crippen LogP) is 1.28. The Bertz CT molecular complexity index is 799. The Labute approximate surface area is 167 Å². The third-order valence-corrected chi connectivity index (χ3v) is 4.59. The summed E-state index contributed by atoms with van der Waals surface area (Å²) in [6.45, 7) is 8.45. The smallest absolute Gasteiger partial charge is 0.185 e. The minimum absolute atomic E-state index is 0.209. The summed E-state index contributed by atoms with van der Waals surface area (Å²) >= 11 is 0. The molecule has 0 aliphatic carbocycles. The molecule has 1 heterocycles. The average molecular weight is 403 g/mol. The summed E-state index contributed by atoms with van der Waals surface area (Å²) < 4.78 is 11.7. The number of ether oxygens (including phenoxy) is 2. The minimum Gasteiger partial charge on any atom is -0.495 e. The van der Waals surface area contributed by atoms with Crippen molar-refractivity contribution in [3.8, 4) is 23.0 Å². The highest BCUT2D eigenvalue weighted by molar-refractivity contribution is 6.64. The van der Waals surface area contributed by atoms with Crippen LogP contribution in [0.5, 0.6) is 11.5 Å². The average Bonchev–Trinajstić information content (AvgIpc) is 2.67. The molecule has 10 heteroatoms. The van der Waals surface area contributed by atoms with Crippen molar-refractivity contribution in [3.05, 3.63) is 35.2 Å². The van der Waals surface area contributed by atoms with E-state index in [1.165, 1.54) is 0 Å². The molecule has 1 radical (unpaired) electrons. The normalized spacial score (nSPS) is 19.2. The van der Waals surface area contributed by atoms with Crippen LogP contribution in [-0.2, 0) is 0 Å². The fraction of sp³-hybridized carbons (Fsp3) is 0.444. The van der Waals surface area contributed by atoms with Crippen LogP contribution in [0.3, 0.4) is 0 Å². The van der Waals surface area contributed by atoms with Gasteiger partial charge >= 0.3 is 0 Å². The Morgan fingerprint density at radius 2 is 2.04 bits per heavy atom. The third-order valence-electron chi connectivity index (χ3n) is 3.96. The van der Waals surface area contributed by atoms with E-state index in [2.05, 4.69) is 64.8 Å². The summed E-state index contributed by atoms with van der Waals surface area (Å²) in [6, 6.07) is 3.87. The van der Waals surface area contributed by atoms with Crippen molar-refractivity contribution in [3.63, 3.8) is 0 Å². The maximum Gasteiger partial charge on any atom is 0.185 e. The zero-order valence-corrected chi connectivity index (χ0v) is 17.8. The Morgan fingerprint density at radius 3 is 2.61 bits per heavy atom. The molecule has 0 amide bonds. The maximum atomic E-state index is 6.20. The van der Waals surface area contributed by atoms with Crippen molar-refractivity contribution in [2.75, 3.05) is 7.11 Å². The third kappa shape index (κ3) is 5.46. The molecule has 0 saturated carbocycles. The molecule has 2 atom stereocenters. The molecular weight excluding hydrogens is 374 g/mol. The van der Waals surface area contributed by atoms with E-state index in [0.29, 0.717) is 11.5 Å². The van der Waals surface area contributed by atoms with Crippen LogP contribution in [0.1, 0.15) is 30.9 Å². The largest absolute Gasteiger partial charge is 0.495 e. The monoisotopic (exact) mass is 402 g/mol. The molecule has 0 saturated heterocycles. The van der Waals surface area contributed by atoms with Gasteiger partial charge in [-0.05, 0) is 12.0 Å². The maximum absolute atomic E-state index is 6.20. The molecule has 1 aromatic carbocycles.